The number of hydrogen-bond donors (Lipinski definition) is 1. The number of halogens is 1. The molecule has 0 saturated carbocycles. The molecule has 2 rings (SSSR count). The normalized spacial score (nSPS) is 10.2. The number of aromatic nitrogens is 1. The number of pyridine rings is 1. The Balaban J connectivity index is 1.87. The lowest BCUT2D eigenvalue weighted by atomic mass is 10.2. The van der Waals surface area contributed by atoms with Gasteiger partial charge in [-0.2, -0.15) is 0 Å². The molecular weight excluding hydrogens is 297 g/mol. The van der Waals surface area contributed by atoms with Crippen LogP contribution in [0.2, 0.25) is 0 Å². The van der Waals surface area contributed by atoms with Gasteiger partial charge < -0.3 is 10.2 Å². The van der Waals surface area contributed by atoms with Crippen molar-refractivity contribution in [2.45, 2.75) is 13.5 Å². The van der Waals surface area contributed by atoms with E-state index in [1.54, 1.807) is 23.4 Å². The van der Waals surface area contributed by atoms with Gasteiger partial charge in [0.2, 0.25) is 5.91 Å². The standard InChI is InChI=1S/C17H18FN3O2/c1-13(22)21(12-14-4-3-7-19-11-14)9-8-20-17(23)15-5-2-6-16(18)10-15/h2-7,10-11H,8-9,12H2,1H3,(H,20,23). The van der Waals surface area contributed by atoms with E-state index in [-0.39, 0.29) is 23.9 Å². The van der Waals surface area contributed by atoms with Gasteiger partial charge in [0.15, 0.2) is 0 Å². The number of benzene rings is 1. The highest BCUT2D eigenvalue weighted by atomic mass is 19.1. The van der Waals surface area contributed by atoms with Crippen LogP contribution < -0.4 is 5.32 Å². The van der Waals surface area contributed by atoms with Crippen molar-refractivity contribution in [2.24, 2.45) is 0 Å². The second-order valence-corrected chi connectivity index (χ2v) is 5.07. The maximum absolute atomic E-state index is 13.1. The molecule has 120 valence electrons. The molecule has 1 aromatic carbocycles. The Morgan fingerprint density at radius 1 is 1.26 bits per heavy atom. The SMILES string of the molecule is CC(=O)N(CCNC(=O)c1cccc(F)c1)Cc1cccnc1. The monoisotopic (exact) mass is 315 g/mol. The van der Waals surface area contributed by atoms with Crippen molar-refractivity contribution in [3.63, 3.8) is 0 Å². The predicted molar refractivity (Wildman–Crippen MR) is 84.1 cm³/mol. The molecule has 0 aliphatic carbocycles. The molecule has 2 amide bonds. The first-order valence-electron chi connectivity index (χ1n) is 7.24. The maximum Gasteiger partial charge on any atom is 0.251 e. The second-order valence-electron chi connectivity index (χ2n) is 5.07. The molecule has 0 saturated heterocycles. The van der Waals surface area contributed by atoms with Crippen molar-refractivity contribution in [1.82, 2.24) is 15.2 Å². The number of hydrogen-bond acceptors (Lipinski definition) is 3. The third-order valence-electron chi connectivity index (χ3n) is 3.30. The maximum atomic E-state index is 13.1. The molecule has 0 fully saturated rings. The van der Waals surface area contributed by atoms with Gasteiger partial charge in [0.25, 0.3) is 5.91 Å². The van der Waals surface area contributed by atoms with Crippen LogP contribution in [0.5, 0.6) is 0 Å². The minimum absolute atomic E-state index is 0.0890. The largest absolute Gasteiger partial charge is 0.350 e. The van der Waals surface area contributed by atoms with Crippen LogP contribution in [0.3, 0.4) is 0 Å². The summed E-state index contributed by atoms with van der Waals surface area (Å²) >= 11 is 0. The zero-order chi connectivity index (χ0) is 16.7. The molecule has 0 atom stereocenters. The first kappa shape index (κ1) is 16.6. The molecule has 0 spiro atoms. The number of rotatable bonds is 6. The third-order valence-corrected chi connectivity index (χ3v) is 3.30. The quantitative estimate of drug-likeness (QED) is 0.887. The van der Waals surface area contributed by atoms with Crippen LogP contribution in [0.4, 0.5) is 4.39 Å². The molecule has 23 heavy (non-hydrogen) atoms. The van der Waals surface area contributed by atoms with Gasteiger partial charge in [-0.1, -0.05) is 12.1 Å². The van der Waals surface area contributed by atoms with Crippen LogP contribution in [0.15, 0.2) is 48.8 Å². The van der Waals surface area contributed by atoms with Crippen molar-refractivity contribution >= 4 is 11.8 Å². The van der Waals surface area contributed by atoms with Gasteiger partial charge in [0.1, 0.15) is 5.82 Å². The average Bonchev–Trinajstić information content (AvgIpc) is 2.54. The first-order chi connectivity index (χ1) is 11.1. The summed E-state index contributed by atoms with van der Waals surface area (Å²) < 4.78 is 13.1. The fourth-order valence-electron chi connectivity index (χ4n) is 2.10. The molecule has 5 nitrogen and oxygen atoms in total. The minimum atomic E-state index is -0.459. The van der Waals surface area contributed by atoms with E-state index in [1.807, 2.05) is 6.07 Å². The number of nitrogens with one attached hydrogen (secondary N) is 1. The zero-order valence-electron chi connectivity index (χ0n) is 12.8. The van der Waals surface area contributed by atoms with E-state index in [0.29, 0.717) is 13.1 Å². The van der Waals surface area contributed by atoms with Crippen molar-refractivity contribution in [3.05, 3.63) is 65.7 Å². The summed E-state index contributed by atoms with van der Waals surface area (Å²) in [4.78, 5) is 29.2. The minimum Gasteiger partial charge on any atom is -0.350 e. The van der Waals surface area contributed by atoms with E-state index in [1.165, 1.54) is 31.2 Å². The first-order valence-corrected chi connectivity index (χ1v) is 7.24. The Labute approximate surface area is 134 Å². The van der Waals surface area contributed by atoms with Crippen molar-refractivity contribution in [3.8, 4) is 0 Å². The smallest absolute Gasteiger partial charge is 0.251 e. The van der Waals surface area contributed by atoms with E-state index in [9.17, 15) is 14.0 Å². The summed E-state index contributed by atoms with van der Waals surface area (Å²) in [6.07, 6.45) is 3.36. The van der Waals surface area contributed by atoms with Crippen LogP contribution in [-0.2, 0) is 11.3 Å². The second kappa shape index (κ2) is 8.03. The molecule has 0 bridgehead atoms. The van der Waals surface area contributed by atoms with Crippen LogP contribution in [0.25, 0.3) is 0 Å². The Morgan fingerprint density at radius 2 is 2.09 bits per heavy atom. The summed E-state index contributed by atoms with van der Waals surface area (Å²) in [6, 6.07) is 9.16. The Morgan fingerprint density at radius 3 is 2.74 bits per heavy atom. The van der Waals surface area contributed by atoms with Crippen molar-refractivity contribution < 1.29 is 14.0 Å². The number of carbonyl (C=O) groups excluding carboxylic acids is 2. The number of amides is 2. The van der Waals surface area contributed by atoms with E-state index < -0.39 is 5.82 Å². The van der Waals surface area contributed by atoms with Crippen molar-refractivity contribution in [2.75, 3.05) is 13.1 Å². The Bertz CT molecular complexity index is 677. The summed E-state index contributed by atoms with van der Waals surface area (Å²) in [5.41, 5.74) is 1.17. The number of carbonyl (C=O) groups is 2. The fourth-order valence-corrected chi connectivity index (χ4v) is 2.10. The lowest BCUT2D eigenvalue weighted by molar-refractivity contribution is -0.129. The summed E-state index contributed by atoms with van der Waals surface area (Å²) in [5, 5.41) is 2.68. The van der Waals surface area contributed by atoms with E-state index >= 15 is 0 Å². The van der Waals surface area contributed by atoms with Crippen LogP contribution in [-0.4, -0.2) is 34.8 Å². The molecular formula is C17H18FN3O2. The molecule has 1 N–H and O–H groups in total. The summed E-state index contributed by atoms with van der Waals surface area (Å²) in [7, 11) is 0. The van der Waals surface area contributed by atoms with Crippen molar-refractivity contribution in [1.29, 1.82) is 0 Å². The third kappa shape index (κ3) is 5.18. The highest BCUT2D eigenvalue weighted by molar-refractivity contribution is 5.94. The molecule has 1 aromatic heterocycles. The fraction of sp³-hybridized carbons (Fsp3) is 0.235. The molecule has 0 aliphatic rings. The summed E-state index contributed by atoms with van der Waals surface area (Å²) in [6.45, 7) is 2.56. The molecule has 0 unspecified atom stereocenters. The average molecular weight is 315 g/mol. The lowest BCUT2D eigenvalue weighted by Crippen LogP contribution is -2.37. The summed E-state index contributed by atoms with van der Waals surface area (Å²) in [5.74, 6) is -0.914. The predicted octanol–water partition coefficient (Wildman–Crippen LogP) is 2.00. The van der Waals surface area contributed by atoms with Crippen LogP contribution >= 0.6 is 0 Å². The van der Waals surface area contributed by atoms with E-state index in [2.05, 4.69) is 10.3 Å². The molecule has 2 aromatic rings. The van der Waals surface area contributed by atoms with Gasteiger partial charge >= 0.3 is 0 Å². The highest BCUT2D eigenvalue weighted by Gasteiger charge is 2.11. The Hall–Kier alpha value is -2.76. The number of nitrogens with zero attached hydrogens (tertiary/aromatic N) is 2. The molecule has 1 heterocycles. The van der Waals surface area contributed by atoms with Crippen LogP contribution in [0.1, 0.15) is 22.8 Å². The van der Waals surface area contributed by atoms with Gasteiger partial charge in [-0.05, 0) is 29.8 Å². The van der Waals surface area contributed by atoms with Gasteiger partial charge in [0, 0.05) is 44.5 Å². The topological polar surface area (TPSA) is 62.3 Å². The van der Waals surface area contributed by atoms with E-state index in [0.717, 1.165) is 5.56 Å². The van der Waals surface area contributed by atoms with Gasteiger partial charge in [0.05, 0.1) is 0 Å². The lowest BCUT2D eigenvalue weighted by Gasteiger charge is -2.21. The molecule has 0 radical (unpaired) electrons. The van der Waals surface area contributed by atoms with Gasteiger partial charge in [-0.3, -0.25) is 14.6 Å². The van der Waals surface area contributed by atoms with Gasteiger partial charge in [-0.25, -0.2) is 4.39 Å². The zero-order valence-corrected chi connectivity index (χ0v) is 12.8. The Kier molecular flexibility index (Phi) is 5.80. The molecule has 0 aliphatic heterocycles. The molecule has 6 heteroatoms. The highest BCUT2D eigenvalue weighted by Crippen LogP contribution is 2.04. The van der Waals surface area contributed by atoms with E-state index in [4.69, 9.17) is 0 Å². The van der Waals surface area contributed by atoms with Gasteiger partial charge in [-0.15, -0.1) is 0 Å². The van der Waals surface area contributed by atoms with Crippen LogP contribution in [0, 0.1) is 5.82 Å².